The van der Waals surface area contributed by atoms with Crippen LogP contribution in [0.2, 0.25) is 0 Å². The van der Waals surface area contributed by atoms with Crippen LogP contribution in [-0.4, -0.2) is 52.4 Å². The van der Waals surface area contributed by atoms with Crippen LogP contribution in [0.5, 0.6) is 0 Å². The molecule has 0 aromatic rings. The quantitative estimate of drug-likeness (QED) is 0.785. The van der Waals surface area contributed by atoms with E-state index in [0.29, 0.717) is 0 Å². The molecule has 1 saturated heterocycles. The van der Waals surface area contributed by atoms with E-state index >= 15 is 0 Å². The highest BCUT2D eigenvalue weighted by atomic mass is 16.6. The van der Waals surface area contributed by atoms with E-state index in [-0.39, 0.29) is 23.5 Å². The van der Waals surface area contributed by atoms with Gasteiger partial charge >= 0.3 is 6.09 Å². The summed E-state index contributed by atoms with van der Waals surface area (Å²) in [6.07, 6.45) is -0.995. The number of likely N-dealkylation sites (N-methyl/N-ethyl adjacent to an activating group) is 1. The molecule has 0 aromatic heterocycles. The van der Waals surface area contributed by atoms with Gasteiger partial charge in [0.2, 0.25) is 5.91 Å². The molecule has 1 fully saturated rings. The largest absolute Gasteiger partial charge is 0.444 e. The third kappa shape index (κ3) is 3.99. The van der Waals surface area contributed by atoms with Gasteiger partial charge in [-0.3, -0.25) is 14.5 Å². The maximum Gasteiger partial charge on any atom is 0.412 e. The zero-order chi connectivity index (χ0) is 17.5. The van der Waals surface area contributed by atoms with E-state index in [1.807, 2.05) is 20.8 Å². The van der Waals surface area contributed by atoms with Crippen LogP contribution in [0.15, 0.2) is 0 Å². The second-order valence-electron chi connectivity index (χ2n) is 8.00. The minimum atomic E-state index is -0.790. The first kappa shape index (κ1) is 18.5. The minimum Gasteiger partial charge on any atom is -0.444 e. The summed E-state index contributed by atoms with van der Waals surface area (Å²) in [5, 5.41) is 0. The van der Waals surface area contributed by atoms with E-state index in [1.54, 1.807) is 27.8 Å². The lowest BCUT2D eigenvalue weighted by Gasteiger charge is -2.39. The van der Waals surface area contributed by atoms with Gasteiger partial charge in [0, 0.05) is 18.9 Å². The number of hydrogen-bond acceptors (Lipinski definition) is 4. The van der Waals surface area contributed by atoms with Gasteiger partial charge < -0.3 is 9.64 Å². The molecule has 1 aliphatic rings. The standard InChI is InChI=1S/C16H28N2O4/c1-10(19)9-11-12(20)17(8)13(15(2,3)4)18(11)14(21)22-16(5,6)7/h11,13H,9H2,1-8H3/t11-,13-/m0/s1. The number of ether oxygens (including phenoxy) is 1. The SMILES string of the molecule is CC(=O)C[C@H]1C(=O)N(C)[C@H](C(C)(C)C)N1C(=O)OC(C)(C)C. The summed E-state index contributed by atoms with van der Waals surface area (Å²) in [4.78, 5) is 39.6. The van der Waals surface area contributed by atoms with Gasteiger partial charge in [0.05, 0.1) is 0 Å². The number of carbonyl (C=O) groups is 3. The van der Waals surface area contributed by atoms with Crippen molar-refractivity contribution >= 4 is 17.8 Å². The lowest BCUT2D eigenvalue weighted by atomic mass is 9.91. The molecule has 0 saturated carbocycles. The van der Waals surface area contributed by atoms with Gasteiger partial charge in [-0.1, -0.05) is 20.8 Å². The van der Waals surface area contributed by atoms with Crippen molar-refractivity contribution in [3.8, 4) is 0 Å². The predicted molar refractivity (Wildman–Crippen MR) is 83.2 cm³/mol. The third-order valence-corrected chi connectivity index (χ3v) is 3.46. The fraction of sp³-hybridized carbons (Fsp3) is 0.812. The molecule has 2 atom stereocenters. The summed E-state index contributed by atoms with van der Waals surface area (Å²) in [6.45, 7) is 12.6. The summed E-state index contributed by atoms with van der Waals surface area (Å²) >= 11 is 0. The molecule has 6 heteroatoms. The van der Waals surface area contributed by atoms with Crippen LogP contribution < -0.4 is 0 Å². The van der Waals surface area contributed by atoms with Crippen LogP contribution in [0.3, 0.4) is 0 Å². The summed E-state index contributed by atoms with van der Waals surface area (Å²) < 4.78 is 5.45. The predicted octanol–water partition coefficient (Wildman–Crippen LogP) is 2.42. The van der Waals surface area contributed by atoms with Gasteiger partial charge in [0.1, 0.15) is 23.6 Å². The molecular formula is C16H28N2O4. The fourth-order valence-electron chi connectivity index (χ4n) is 2.83. The van der Waals surface area contributed by atoms with Crippen LogP contribution >= 0.6 is 0 Å². The Hall–Kier alpha value is -1.59. The van der Waals surface area contributed by atoms with Gasteiger partial charge in [-0.25, -0.2) is 4.79 Å². The lowest BCUT2D eigenvalue weighted by Crippen LogP contribution is -2.52. The van der Waals surface area contributed by atoms with Crippen LogP contribution in [-0.2, 0) is 14.3 Å². The molecule has 0 radical (unpaired) electrons. The molecule has 0 spiro atoms. The second-order valence-corrected chi connectivity index (χ2v) is 8.00. The first-order chi connectivity index (χ1) is 9.75. The molecule has 2 amide bonds. The Bertz CT molecular complexity index is 474. The average molecular weight is 312 g/mol. The monoisotopic (exact) mass is 312 g/mol. The Morgan fingerprint density at radius 2 is 1.64 bits per heavy atom. The van der Waals surface area contributed by atoms with E-state index in [2.05, 4.69) is 0 Å². The Labute approximate surface area is 132 Å². The molecule has 1 rings (SSSR count). The van der Waals surface area contributed by atoms with E-state index < -0.39 is 23.9 Å². The van der Waals surface area contributed by atoms with E-state index in [9.17, 15) is 14.4 Å². The number of carbonyl (C=O) groups excluding carboxylic acids is 3. The molecule has 0 bridgehead atoms. The Balaban J connectivity index is 3.23. The smallest absolute Gasteiger partial charge is 0.412 e. The Kier molecular flexibility index (Phi) is 4.94. The number of hydrogen-bond donors (Lipinski definition) is 0. The molecule has 0 aliphatic carbocycles. The molecule has 0 N–H and O–H groups in total. The summed E-state index contributed by atoms with van der Waals surface area (Å²) in [5.41, 5.74) is -1.02. The van der Waals surface area contributed by atoms with Gasteiger partial charge in [0.25, 0.3) is 0 Å². The third-order valence-electron chi connectivity index (χ3n) is 3.46. The zero-order valence-electron chi connectivity index (χ0n) is 14.9. The Morgan fingerprint density at radius 1 is 1.14 bits per heavy atom. The van der Waals surface area contributed by atoms with Gasteiger partial charge in [-0.2, -0.15) is 0 Å². The molecule has 6 nitrogen and oxygen atoms in total. The summed E-state index contributed by atoms with van der Waals surface area (Å²) in [5.74, 6) is -0.351. The maximum atomic E-state index is 12.6. The average Bonchev–Trinajstić information content (AvgIpc) is 2.50. The number of Topliss-reactive ketones (excluding diaryl/α,β-unsaturated/α-hetero) is 1. The molecular weight excluding hydrogens is 284 g/mol. The van der Waals surface area contributed by atoms with Crippen molar-refractivity contribution in [1.82, 2.24) is 9.80 Å². The molecule has 126 valence electrons. The van der Waals surface area contributed by atoms with E-state index in [4.69, 9.17) is 4.74 Å². The molecule has 1 aliphatic heterocycles. The highest BCUT2D eigenvalue weighted by Crippen LogP contribution is 2.36. The van der Waals surface area contributed by atoms with E-state index in [0.717, 1.165) is 0 Å². The number of amides is 2. The van der Waals surface area contributed by atoms with Crippen LogP contribution in [0.25, 0.3) is 0 Å². The van der Waals surface area contributed by atoms with Crippen molar-refractivity contribution in [3.63, 3.8) is 0 Å². The van der Waals surface area contributed by atoms with Crippen molar-refractivity contribution in [2.75, 3.05) is 7.05 Å². The van der Waals surface area contributed by atoms with Crippen molar-refractivity contribution in [1.29, 1.82) is 0 Å². The topological polar surface area (TPSA) is 66.9 Å². The zero-order valence-corrected chi connectivity index (χ0v) is 14.9. The first-order valence-electron chi connectivity index (χ1n) is 7.53. The van der Waals surface area contributed by atoms with E-state index in [1.165, 1.54) is 16.7 Å². The normalized spacial score (nSPS) is 23.0. The number of nitrogens with zero attached hydrogens (tertiary/aromatic N) is 2. The van der Waals surface area contributed by atoms with Crippen molar-refractivity contribution < 1.29 is 19.1 Å². The Morgan fingerprint density at radius 3 is 2.00 bits per heavy atom. The van der Waals surface area contributed by atoms with Gasteiger partial charge in [-0.05, 0) is 27.7 Å². The molecule has 1 heterocycles. The van der Waals surface area contributed by atoms with Gasteiger partial charge in [0.15, 0.2) is 0 Å². The lowest BCUT2D eigenvalue weighted by molar-refractivity contribution is -0.131. The van der Waals surface area contributed by atoms with Crippen molar-refractivity contribution in [2.24, 2.45) is 5.41 Å². The summed E-state index contributed by atoms with van der Waals surface area (Å²) in [6, 6.07) is -0.790. The molecule has 0 aromatic carbocycles. The van der Waals surface area contributed by atoms with Crippen LogP contribution in [0, 0.1) is 5.41 Å². The second kappa shape index (κ2) is 5.89. The highest BCUT2D eigenvalue weighted by molar-refractivity contribution is 5.93. The minimum absolute atomic E-state index is 0.00892. The van der Waals surface area contributed by atoms with Gasteiger partial charge in [-0.15, -0.1) is 0 Å². The molecule has 22 heavy (non-hydrogen) atoms. The first-order valence-corrected chi connectivity index (χ1v) is 7.53. The summed E-state index contributed by atoms with van der Waals surface area (Å²) in [7, 11) is 1.66. The fourth-order valence-corrected chi connectivity index (χ4v) is 2.83. The van der Waals surface area contributed by atoms with Crippen LogP contribution in [0.4, 0.5) is 4.79 Å². The number of ketones is 1. The number of rotatable bonds is 2. The molecule has 0 unspecified atom stereocenters. The highest BCUT2D eigenvalue weighted by Gasteiger charge is 2.52. The van der Waals surface area contributed by atoms with Crippen LogP contribution in [0.1, 0.15) is 54.9 Å². The van der Waals surface area contributed by atoms with Crippen molar-refractivity contribution in [2.45, 2.75) is 72.7 Å². The van der Waals surface area contributed by atoms with Crippen molar-refractivity contribution in [3.05, 3.63) is 0 Å². The maximum absolute atomic E-state index is 12.6.